The fourth-order valence-corrected chi connectivity index (χ4v) is 3.96. The molecule has 0 bridgehead atoms. The van der Waals surface area contributed by atoms with Crippen molar-refractivity contribution >= 4 is 17.2 Å². The van der Waals surface area contributed by atoms with Crippen molar-refractivity contribution < 1.29 is 4.79 Å². The first kappa shape index (κ1) is 16.3. The van der Waals surface area contributed by atoms with E-state index in [2.05, 4.69) is 49.7 Å². The van der Waals surface area contributed by atoms with E-state index in [9.17, 15) is 4.79 Å². The summed E-state index contributed by atoms with van der Waals surface area (Å²) in [6.45, 7) is 8.30. The molecule has 0 unspecified atom stereocenters. The highest BCUT2D eigenvalue weighted by Crippen LogP contribution is 2.30. The molecule has 2 heterocycles. The minimum Gasteiger partial charge on any atom is -0.339 e. The molecule has 0 N–H and O–H groups in total. The van der Waals surface area contributed by atoms with Gasteiger partial charge in [0, 0.05) is 18.7 Å². The Morgan fingerprint density at radius 1 is 1.09 bits per heavy atom. The average molecular weight is 327 g/mol. The Labute approximate surface area is 143 Å². The molecular formula is C20H25NOS. The van der Waals surface area contributed by atoms with Gasteiger partial charge in [0.25, 0.3) is 5.91 Å². The smallest absolute Gasteiger partial charge is 0.253 e. The molecule has 122 valence electrons. The molecule has 1 aliphatic rings. The van der Waals surface area contributed by atoms with Crippen LogP contribution in [0.1, 0.15) is 61.0 Å². The number of likely N-dealkylation sites (tertiary alicyclic amines) is 1. The van der Waals surface area contributed by atoms with Gasteiger partial charge in [0.15, 0.2) is 0 Å². The molecule has 1 aromatic carbocycles. The van der Waals surface area contributed by atoms with Crippen LogP contribution in [0.25, 0.3) is 0 Å². The largest absolute Gasteiger partial charge is 0.339 e. The van der Waals surface area contributed by atoms with Crippen molar-refractivity contribution in [3.8, 4) is 0 Å². The summed E-state index contributed by atoms with van der Waals surface area (Å²) in [5.74, 6) is 0.794. The summed E-state index contributed by atoms with van der Waals surface area (Å²) < 4.78 is 0. The molecule has 1 amide bonds. The molecule has 1 aliphatic heterocycles. The number of rotatable bonds is 2. The number of amides is 1. The number of thiophene rings is 1. The van der Waals surface area contributed by atoms with E-state index < -0.39 is 0 Å². The number of benzene rings is 1. The van der Waals surface area contributed by atoms with E-state index in [4.69, 9.17) is 0 Å². The normalized spacial score (nSPS) is 16.6. The topological polar surface area (TPSA) is 20.3 Å². The maximum Gasteiger partial charge on any atom is 0.253 e. The van der Waals surface area contributed by atoms with Gasteiger partial charge in [-0.2, -0.15) is 11.3 Å². The molecule has 0 spiro atoms. The predicted molar refractivity (Wildman–Crippen MR) is 97.3 cm³/mol. The summed E-state index contributed by atoms with van der Waals surface area (Å²) in [7, 11) is 0. The van der Waals surface area contributed by atoms with Crippen molar-refractivity contribution in [3.05, 3.63) is 57.8 Å². The van der Waals surface area contributed by atoms with Crippen LogP contribution in [-0.4, -0.2) is 23.9 Å². The number of nitrogens with zero attached hydrogens (tertiary/aromatic N) is 1. The van der Waals surface area contributed by atoms with Crippen LogP contribution in [0.2, 0.25) is 0 Å². The minimum atomic E-state index is 0.125. The van der Waals surface area contributed by atoms with Crippen molar-refractivity contribution in [2.75, 3.05) is 13.1 Å². The minimum absolute atomic E-state index is 0.125. The van der Waals surface area contributed by atoms with Gasteiger partial charge in [0.05, 0.1) is 0 Å². The van der Waals surface area contributed by atoms with Crippen molar-refractivity contribution in [3.63, 3.8) is 0 Å². The van der Waals surface area contributed by atoms with Gasteiger partial charge in [-0.1, -0.05) is 32.9 Å². The first-order valence-corrected chi connectivity index (χ1v) is 9.31. The highest BCUT2D eigenvalue weighted by molar-refractivity contribution is 7.07. The lowest BCUT2D eigenvalue weighted by atomic mass is 9.86. The summed E-state index contributed by atoms with van der Waals surface area (Å²) in [4.78, 5) is 14.7. The summed E-state index contributed by atoms with van der Waals surface area (Å²) in [6.07, 6.45) is 2.14. The molecular weight excluding hydrogens is 302 g/mol. The number of carbonyl (C=O) groups excluding carboxylic acids is 1. The summed E-state index contributed by atoms with van der Waals surface area (Å²) in [5.41, 5.74) is 3.65. The standard InChI is InChI=1S/C20H25NOS/c1-20(2,3)18-6-4-16(5-7-18)19(22)21-11-8-15(9-12-21)17-10-13-23-14-17/h4-7,10,13-15H,8-9,11-12H2,1-3H3. The van der Waals surface area contributed by atoms with Crippen molar-refractivity contribution in [1.29, 1.82) is 0 Å². The molecule has 2 aromatic rings. The van der Waals surface area contributed by atoms with E-state index in [1.165, 1.54) is 11.1 Å². The zero-order valence-corrected chi connectivity index (χ0v) is 15.0. The lowest BCUT2D eigenvalue weighted by molar-refractivity contribution is 0.0713. The lowest BCUT2D eigenvalue weighted by Crippen LogP contribution is -2.37. The van der Waals surface area contributed by atoms with Gasteiger partial charge in [0.1, 0.15) is 0 Å². The monoisotopic (exact) mass is 327 g/mol. The molecule has 23 heavy (non-hydrogen) atoms. The van der Waals surface area contributed by atoms with E-state index in [-0.39, 0.29) is 11.3 Å². The highest BCUT2D eigenvalue weighted by atomic mass is 32.1. The Balaban J connectivity index is 1.63. The second-order valence-electron chi connectivity index (χ2n) is 7.45. The van der Waals surface area contributed by atoms with Crippen molar-refractivity contribution in [2.24, 2.45) is 0 Å². The maximum atomic E-state index is 12.7. The van der Waals surface area contributed by atoms with Crippen LogP contribution in [0.15, 0.2) is 41.1 Å². The van der Waals surface area contributed by atoms with Crippen LogP contribution in [0.3, 0.4) is 0 Å². The van der Waals surface area contributed by atoms with Crippen LogP contribution in [-0.2, 0) is 5.41 Å². The molecule has 0 radical (unpaired) electrons. The third-order valence-electron chi connectivity index (χ3n) is 4.79. The Morgan fingerprint density at radius 2 is 1.74 bits per heavy atom. The second kappa shape index (κ2) is 6.48. The van der Waals surface area contributed by atoms with Crippen LogP contribution >= 0.6 is 11.3 Å². The van der Waals surface area contributed by atoms with E-state index in [0.717, 1.165) is 31.5 Å². The summed E-state index contributed by atoms with van der Waals surface area (Å²) in [5, 5.41) is 4.39. The van der Waals surface area contributed by atoms with Gasteiger partial charge in [0.2, 0.25) is 0 Å². The molecule has 1 saturated heterocycles. The fraction of sp³-hybridized carbons (Fsp3) is 0.450. The van der Waals surface area contributed by atoms with Crippen LogP contribution < -0.4 is 0 Å². The van der Waals surface area contributed by atoms with Gasteiger partial charge in [-0.25, -0.2) is 0 Å². The Bertz CT molecular complexity index is 644. The molecule has 3 rings (SSSR count). The summed E-state index contributed by atoms with van der Waals surface area (Å²) >= 11 is 1.76. The van der Waals surface area contributed by atoms with Gasteiger partial charge < -0.3 is 4.90 Å². The van der Waals surface area contributed by atoms with E-state index in [1.54, 1.807) is 11.3 Å². The quantitative estimate of drug-likeness (QED) is 0.754. The first-order valence-electron chi connectivity index (χ1n) is 8.37. The Kier molecular flexibility index (Phi) is 4.58. The van der Waals surface area contributed by atoms with Crippen LogP contribution in [0, 0.1) is 0 Å². The summed E-state index contributed by atoms with van der Waals surface area (Å²) in [6, 6.07) is 10.4. The zero-order valence-electron chi connectivity index (χ0n) is 14.2. The first-order chi connectivity index (χ1) is 10.9. The van der Waals surface area contributed by atoms with E-state index in [0.29, 0.717) is 5.92 Å². The predicted octanol–water partition coefficient (Wildman–Crippen LogP) is 5.07. The number of carbonyl (C=O) groups is 1. The lowest BCUT2D eigenvalue weighted by Gasteiger charge is -2.32. The van der Waals surface area contributed by atoms with Gasteiger partial charge in [-0.05, 0) is 64.3 Å². The van der Waals surface area contributed by atoms with Crippen molar-refractivity contribution in [1.82, 2.24) is 4.90 Å². The highest BCUT2D eigenvalue weighted by Gasteiger charge is 2.25. The van der Waals surface area contributed by atoms with Gasteiger partial charge >= 0.3 is 0 Å². The van der Waals surface area contributed by atoms with Gasteiger partial charge in [-0.15, -0.1) is 0 Å². The Hall–Kier alpha value is -1.61. The second-order valence-corrected chi connectivity index (χ2v) is 8.23. The molecule has 1 fully saturated rings. The zero-order chi connectivity index (χ0) is 16.4. The molecule has 2 nitrogen and oxygen atoms in total. The van der Waals surface area contributed by atoms with Gasteiger partial charge in [-0.3, -0.25) is 4.79 Å². The third kappa shape index (κ3) is 3.66. The molecule has 3 heteroatoms. The Morgan fingerprint density at radius 3 is 2.26 bits per heavy atom. The van der Waals surface area contributed by atoms with E-state index in [1.807, 2.05) is 17.0 Å². The SMILES string of the molecule is CC(C)(C)c1ccc(C(=O)N2CCC(c3ccsc3)CC2)cc1. The third-order valence-corrected chi connectivity index (χ3v) is 5.50. The maximum absolute atomic E-state index is 12.7. The number of hydrogen-bond donors (Lipinski definition) is 0. The molecule has 0 aliphatic carbocycles. The van der Waals surface area contributed by atoms with Crippen LogP contribution in [0.4, 0.5) is 0 Å². The molecule has 0 saturated carbocycles. The number of piperidine rings is 1. The number of hydrogen-bond acceptors (Lipinski definition) is 2. The van der Waals surface area contributed by atoms with E-state index >= 15 is 0 Å². The van der Waals surface area contributed by atoms with Crippen molar-refractivity contribution in [2.45, 2.75) is 44.9 Å². The molecule has 0 atom stereocenters. The fourth-order valence-electron chi connectivity index (χ4n) is 3.22. The van der Waals surface area contributed by atoms with Crippen LogP contribution in [0.5, 0.6) is 0 Å². The average Bonchev–Trinajstić information content (AvgIpc) is 3.08. The molecule has 1 aromatic heterocycles.